The number of hydrogen-bond acceptors (Lipinski definition) is 1. The molecular formula is C13H19F2N. The zero-order valence-electron chi connectivity index (χ0n) is 10.3. The van der Waals surface area contributed by atoms with E-state index in [-0.39, 0.29) is 11.8 Å². The molecule has 0 aliphatic heterocycles. The summed E-state index contributed by atoms with van der Waals surface area (Å²) in [5.74, 6) is -2.61. The van der Waals surface area contributed by atoms with Gasteiger partial charge in [-0.3, -0.25) is 4.98 Å². The average Bonchev–Trinajstić information content (AvgIpc) is 2.13. The third kappa shape index (κ3) is 4.25. The predicted octanol–water partition coefficient (Wildman–Crippen LogP) is 3.97. The van der Waals surface area contributed by atoms with Crippen molar-refractivity contribution in [2.75, 3.05) is 0 Å². The largest absolute Gasteiger partial charge is 0.261 e. The van der Waals surface area contributed by atoms with Crippen molar-refractivity contribution >= 4 is 0 Å². The maximum absolute atomic E-state index is 12.6. The Hall–Kier alpha value is -0.990. The highest BCUT2D eigenvalue weighted by Crippen LogP contribution is 2.22. The summed E-state index contributed by atoms with van der Waals surface area (Å²) < 4.78 is 25.3. The second kappa shape index (κ2) is 4.48. The first-order valence-electron chi connectivity index (χ1n) is 5.52. The summed E-state index contributed by atoms with van der Waals surface area (Å²) in [5.41, 5.74) is 1.91. The van der Waals surface area contributed by atoms with E-state index < -0.39 is 5.92 Å². The number of aromatic nitrogens is 1. The zero-order valence-corrected chi connectivity index (χ0v) is 10.3. The van der Waals surface area contributed by atoms with Crippen LogP contribution in [0.25, 0.3) is 0 Å². The van der Waals surface area contributed by atoms with Crippen molar-refractivity contribution in [3.63, 3.8) is 0 Å². The SMILES string of the molecule is CC(F)(F)CCc1ccc(C(C)(C)C)cn1. The van der Waals surface area contributed by atoms with Crippen LogP contribution in [0.3, 0.4) is 0 Å². The molecule has 1 heterocycles. The van der Waals surface area contributed by atoms with Gasteiger partial charge in [-0.2, -0.15) is 0 Å². The van der Waals surface area contributed by atoms with Crippen LogP contribution in [0.5, 0.6) is 0 Å². The Kier molecular flexibility index (Phi) is 3.66. The van der Waals surface area contributed by atoms with Gasteiger partial charge in [0.25, 0.3) is 0 Å². The van der Waals surface area contributed by atoms with Crippen LogP contribution in [0.2, 0.25) is 0 Å². The first-order chi connectivity index (χ1) is 7.18. The molecule has 0 saturated carbocycles. The van der Waals surface area contributed by atoms with E-state index in [1.807, 2.05) is 12.1 Å². The Morgan fingerprint density at radius 1 is 1.12 bits per heavy atom. The van der Waals surface area contributed by atoms with Gasteiger partial charge in [-0.1, -0.05) is 26.8 Å². The average molecular weight is 227 g/mol. The Balaban J connectivity index is 2.66. The number of alkyl halides is 2. The van der Waals surface area contributed by atoms with Gasteiger partial charge < -0.3 is 0 Å². The topological polar surface area (TPSA) is 12.9 Å². The van der Waals surface area contributed by atoms with Crippen LogP contribution in [-0.4, -0.2) is 10.9 Å². The molecule has 0 aliphatic rings. The van der Waals surface area contributed by atoms with Gasteiger partial charge in [0.15, 0.2) is 0 Å². The lowest BCUT2D eigenvalue weighted by atomic mass is 9.88. The molecule has 16 heavy (non-hydrogen) atoms. The Bertz CT molecular complexity index is 330. The minimum Gasteiger partial charge on any atom is -0.261 e. The molecule has 0 fully saturated rings. The van der Waals surface area contributed by atoms with Gasteiger partial charge in [0.2, 0.25) is 5.92 Å². The summed E-state index contributed by atoms with van der Waals surface area (Å²) >= 11 is 0. The highest BCUT2D eigenvalue weighted by molar-refractivity contribution is 5.21. The number of pyridine rings is 1. The van der Waals surface area contributed by atoms with Crippen LogP contribution in [0, 0.1) is 0 Å². The highest BCUT2D eigenvalue weighted by atomic mass is 19.3. The number of rotatable bonds is 3. The summed E-state index contributed by atoms with van der Waals surface area (Å²) in [6.45, 7) is 7.24. The van der Waals surface area contributed by atoms with Crippen molar-refractivity contribution in [3.8, 4) is 0 Å². The van der Waals surface area contributed by atoms with Gasteiger partial charge in [-0.15, -0.1) is 0 Å². The molecule has 0 bridgehead atoms. The smallest absolute Gasteiger partial charge is 0.245 e. The molecule has 0 aromatic carbocycles. The van der Waals surface area contributed by atoms with Crippen molar-refractivity contribution in [3.05, 3.63) is 29.6 Å². The summed E-state index contributed by atoms with van der Waals surface area (Å²) in [6, 6.07) is 3.81. The summed E-state index contributed by atoms with van der Waals surface area (Å²) in [4.78, 5) is 4.21. The number of aryl methyl sites for hydroxylation is 1. The fourth-order valence-corrected chi connectivity index (χ4v) is 1.36. The summed E-state index contributed by atoms with van der Waals surface area (Å²) in [7, 11) is 0. The summed E-state index contributed by atoms with van der Waals surface area (Å²) in [5, 5.41) is 0. The molecule has 0 amide bonds. The van der Waals surface area contributed by atoms with Gasteiger partial charge in [0.05, 0.1) is 0 Å². The van der Waals surface area contributed by atoms with Crippen molar-refractivity contribution in [1.29, 1.82) is 0 Å². The van der Waals surface area contributed by atoms with Crippen molar-refractivity contribution in [2.45, 2.75) is 51.9 Å². The Morgan fingerprint density at radius 3 is 2.12 bits per heavy atom. The standard InChI is InChI=1S/C13H19F2N/c1-12(2,3)10-5-6-11(16-9-10)7-8-13(4,14)15/h5-6,9H,7-8H2,1-4H3. The highest BCUT2D eigenvalue weighted by Gasteiger charge is 2.21. The molecule has 1 nitrogen and oxygen atoms in total. The molecule has 0 atom stereocenters. The van der Waals surface area contributed by atoms with Gasteiger partial charge in [-0.05, 0) is 30.4 Å². The molecular weight excluding hydrogens is 208 g/mol. The second-order valence-corrected chi connectivity index (χ2v) is 5.36. The zero-order chi connectivity index (χ0) is 12.4. The minimum absolute atomic E-state index is 0.0558. The van der Waals surface area contributed by atoms with E-state index in [1.165, 1.54) is 0 Å². The van der Waals surface area contributed by atoms with E-state index in [4.69, 9.17) is 0 Å². The van der Waals surface area contributed by atoms with Crippen LogP contribution in [0.4, 0.5) is 8.78 Å². The Morgan fingerprint density at radius 2 is 1.75 bits per heavy atom. The molecule has 1 aromatic heterocycles. The fourth-order valence-electron chi connectivity index (χ4n) is 1.36. The number of halogens is 2. The van der Waals surface area contributed by atoms with Crippen LogP contribution in [0.15, 0.2) is 18.3 Å². The van der Waals surface area contributed by atoms with E-state index in [0.717, 1.165) is 18.2 Å². The van der Waals surface area contributed by atoms with E-state index >= 15 is 0 Å². The van der Waals surface area contributed by atoms with Crippen LogP contribution < -0.4 is 0 Å². The predicted molar refractivity (Wildman–Crippen MR) is 61.9 cm³/mol. The lowest BCUT2D eigenvalue weighted by Gasteiger charge is -2.18. The molecule has 1 aromatic rings. The maximum atomic E-state index is 12.6. The van der Waals surface area contributed by atoms with Crippen LogP contribution in [-0.2, 0) is 11.8 Å². The molecule has 90 valence electrons. The van der Waals surface area contributed by atoms with Crippen LogP contribution >= 0.6 is 0 Å². The van der Waals surface area contributed by atoms with Gasteiger partial charge in [-0.25, -0.2) is 8.78 Å². The van der Waals surface area contributed by atoms with Gasteiger partial charge >= 0.3 is 0 Å². The van der Waals surface area contributed by atoms with Gasteiger partial charge in [0, 0.05) is 18.3 Å². The fraction of sp³-hybridized carbons (Fsp3) is 0.615. The first-order valence-corrected chi connectivity index (χ1v) is 5.52. The van der Waals surface area contributed by atoms with E-state index in [1.54, 1.807) is 6.20 Å². The molecule has 0 radical (unpaired) electrons. The number of hydrogen-bond donors (Lipinski definition) is 0. The normalized spacial score (nSPS) is 12.9. The van der Waals surface area contributed by atoms with Crippen molar-refractivity contribution in [1.82, 2.24) is 4.98 Å². The third-order valence-corrected chi connectivity index (χ3v) is 2.51. The maximum Gasteiger partial charge on any atom is 0.245 e. The molecule has 0 saturated heterocycles. The Labute approximate surface area is 95.9 Å². The lowest BCUT2D eigenvalue weighted by Crippen LogP contribution is -2.13. The van der Waals surface area contributed by atoms with Crippen LogP contribution in [0.1, 0.15) is 45.4 Å². The lowest BCUT2D eigenvalue weighted by molar-refractivity contribution is 0.0130. The molecule has 0 N–H and O–H groups in total. The molecule has 0 spiro atoms. The van der Waals surface area contributed by atoms with E-state index in [9.17, 15) is 8.78 Å². The van der Waals surface area contributed by atoms with Crippen molar-refractivity contribution in [2.24, 2.45) is 0 Å². The molecule has 0 aliphatic carbocycles. The second-order valence-electron chi connectivity index (χ2n) is 5.36. The van der Waals surface area contributed by atoms with Crippen molar-refractivity contribution < 1.29 is 8.78 Å². The minimum atomic E-state index is -2.61. The van der Waals surface area contributed by atoms with E-state index in [2.05, 4.69) is 25.8 Å². The third-order valence-electron chi connectivity index (χ3n) is 2.51. The van der Waals surface area contributed by atoms with Gasteiger partial charge in [0.1, 0.15) is 0 Å². The first kappa shape index (κ1) is 13.1. The summed E-state index contributed by atoms with van der Waals surface area (Å²) in [6.07, 6.45) is 1.96. The molecule has 3 heteroatoms. The quantitative estimate of drug-likeness (QED) is 0.761. The monoisotopic (exact) mass is 227 g/mol. The number of nitrogens with zero attached hydrogens (tertiary/aromatic N) is 1. The van der Waals surface area contributed by atoms with E-state index in [0.29, 0.717) is 6.42 Å². The molecule has 0 unspecified atom stereocenters. The molecule has 1 rings (SSSR count).